The van der Waals surface area contributed by atoms with Crippen LogP contribution in [0.4, 0.5) is 0 Å². The summed E-state index contributed by atoms with van der Waals surface area (Å²) in [5, 5.41) is 0. The van der Waals surface area contributed by atoms with Gasteiger partial charge in [0.1, 0.15) is 6.10 Å². The van der Waals surface area contributed by atoms with E-state index in [1.165, 1.54) is 0 Å². The number of hydrazine groups is 1. The van der Waals surface area contributed by atoms with Crippen molar-refractivity contribution in [2.45, 2.75) is 44.8 Å². The van der Waals surface area contributed by atoms with Crippen molar-refractivity contribution in [3.05, 3.63) is 0 Å². The molecule has 0 aliphatic carbocycles. The van der Waals surface area contributed by atoms with Crippen molar-refractivity contribution >= 4 is 11.8 Å². The van der Waals surface area contributed by atoms with E-state index in [0.29, 0.717) is 25.3 Å². The maximum atomic E-state index is 11.8. The molecule has 3 atom stereocenters. The first-order valence-electron chi connectivity index (χ1n) is 6.57. The van der Waals surface area contributed by atoms with Crippen molar-refractivity contribution in [1.29, 1.82) is 0 Å². The number of carbonyl (C=O) groups excluding carboxylic acids is 2. The van der Waals surface area contributed by atoms with Crippen LogP contribution in [-0.2, 0) is 14.3 Å². The Bertz CT molecular complexity index is 335. The van der Waals surface area contributed by atoms with E-state index in [9.17, 15) is 9.59 Å². The molecule has 0 aromatic rings. The van der Waals surface area contributed by atoms with E-state index in [-0.39, 0.29) is 17.9 Å². The number of nitrogens with two attached hydrogens (primary N) is 1. The van der Waals surface area contributed by atoms with Gasteiger partial charge in [-0.05, 0) is 18.8 Å². The minimum Gasteiger partial charge on any atom is -0.363 e. The van der Waals surface area contributed by atoms with Crippen LogP contribution in [0.5, 0.6) is 0 Å². The van der Waals surface area contributed by atoms with Crippen molar-refractivity contribution in [2.24, 2.45) is 11.8 Å². The summed E-state index contributed by atoms with van der Waals surface area (Å²) in [4.78, 5) is 25.0. The molecule has 0 radical (unpaired) electrons. The molecule has 6 nitrogen and oxygen atoms in total. The summed E-state index contributed by atoms with van der Waals surface area (Å²) >= 11 is 0. The number of nitrogens with zero attached hydrogens (tertiary/aromatic N) is 1. The highest BCUT2D eigenvalue weighted by atomic mass is 16.5. The van der Waals surface area contributed by atoms with Gasteiger partial charge in [-0.15, -0.1) is 0 Å². The van der Waals surface area contributed by atoms with Crippen molar-refractivity contribution in [1.82, 2.24) is 10.3 Å². The summed E-state index contributed by atoms with van der Waals surface area (Å²) in [7, 11) is 0. The highest BCUT2D eigenvalue weighted by molar-refractivity contribution is 5.80. The maximum absolute atomic E-state index is 11.8. The van der Waals surface area contributed by atoms with Crippen molar-refractivity contribution in [2.75, 3.05) is 13.1 Å². The number of rotatable bonds is 4. The fourth-order valence-corrected chi connectivity index (χ4v) is 2.68. The molecule has 2 rings (SSSR count). The second-order valence-electron chi connectivity index (χ2n) is 5.11. The smallest absolute Gasteiger partial charge is 0.263 e. The lowest BCUT2D eigenvalue weighted by Crippen LogP contribution is -2.40. The summed E-state index contributed by atoms with van der Waals surface area (Å²) in [5.74, 6) is 5.47. The van der Waals surface area contributed by atoms with E-state index in [0.717, 1.165) is 19.4 Å². The van der Waals surface area contributed by atoms with Crippen molar-refractivity contribution in [3.8, 4) is 0 Å². The van der Waals surface area contributed by atoms with E-state index >= 15 is 0 Å². The first kappa shape index (κ1) is 13.3. The van der Waals surface area contributed by atoms with Crippen LogP contribution in [0.3, 0.4) is 0 Å². The molecule has 18 heavy (non-hydrogen) atoms. The van der Waals surface area contributed by atoms with Crippen molar-refractivity contribution in [3.63, 3.8) is 0 Å². The Morgan fingerprint density at radius 2 is 2.33 bits per heavy atom. The predicted molar refractivity (Wildman–Crippen MR) is 65.2 cm³/mol. The lowest BCUT2D eigenvalue weighted by molar-refractivity contribution is -0.134. The number of hydrogen-bond acceptors (Lipinski definition) is 4. The van der Waals surface area contributed by atoms with E-state index in [1.807, 2.05) is 4.90 Å². The van der Waals surface area contributed by atoms with Crippen LogP contribution < -0.4 is 11.3 Å². The Hall–Kier alpha value is -1.14. The van der Waals surface area contributed by atoms with Crippen LogP contribution in [-0.4, -0.2) is 42.0 Å². The zero-order valence-electron chi connectivity index (χ0n) is 10.7. The van der Waals surface area contributed by atoms with Gasteiger partial charge in [-0.2, -0.15) is 0 Å². The Morgan fingerprint density at radius 1 is 1.56 bits per heavy atom. The average molecular weight is 255 g/mol. The van der Waals surface area contributed by atoms with Gasteiger partial charge in [-0.1, -0.05) is 13.3 Å². The SMILES string of the molecule is CCC1CC(=O)N(CC2CCC(C(=O)NN)O2)C1. The molecular weight excluding hydrogens is 234 g/mol. The van der Waals surface area contributed by atoms with Gasteiger partial charge >= 0.3 is 0 Å². The van der Waals surface area contributed by atoms with Crippen LogP contribution in [0, 0.1) is 5.92 Å². The second kappa shape index (κ2) is 5.67. The normalized spacial score (nSPS) is 32.0. The Kier molecular flexibility index (Phi) is 4.19. The molecule has 2 heterocycles. The summed E-state index contributed by atoms with van der Waals surface area (Å²) < 4.78 is 5.61. The molecule has 2 saturated heterocycles. The van der Waals surface area contributed by atoms with Gasteiger partial charge < -0.3 is 9.64 Å². The van der Waals surface area contributed by atoms with Gasteiger partial charge in [0, 0.05) is 19.5 Å². The minimum absolute atomic E-state index is 0.0353. The van der Waals surface area contributed by atoms with E-state index < -0.39 is 6.10 Å². The van der Waals surface area contributed by atoms with Crippen molar-refractivity contribution < 1.29 is 14.3 Å². The van der Waals surface area contributed by atoms with Gasteiger partial charge in [0.15, 0.2) is 0 Å². The van der Waals surface area contributed by atoms with Crippen LogP contribution in [0.25, 0.3) is 0 Å². The number of likely N-dealkylation sites (tertiary alicyclic amines) is 1. The second-order valence-corrected chi connectivity index (χ2v) is 5.11. The third-order valence-electron chi connectivity index (χ3n) is 3.84. The van der Waals surface area contributed by atoms with Gasteiger partial charge in [0.2, 0.25) is 5.91 Å². The standard InChI is InChI=1S/C12H21N3O3/c1-2-8-5-11(16)15(6-8)7-9-3-4-10(18-9)12(17)14-13/h8-10H,2-7,13H2,1H3,(H,14,17). The molecule has 0 saturated carbocycles. The Morgan fingerprint density at radius 3 is 2.94 bits per heavy atom. The molecule has 6 heteroatoms. The number of hydrogen-bond donors (Lipinski definition) is 2. The van der Waals surface area contributed by atoms with Gasteiger partial charge in [-0.25, -0.2) is 5.84 Å². The van der Waals surface area contributed by atoms with Crippen LogP contribution in [0.15, 0.2) is 0 Å². The van der Waals surface area contributed by atoms with E-state index in [1.54, 1.807) is 0 Å². The number of amides is 2. The highest BCUT2D eigenvalue weighted by Crippen LogP contribution is 2.25. The molecule has 102 valence electrons. The van der Waals surface area contributed by atoms with Gasteiger partial charge in [0.05, 0.1) is 6.10 Å². The number of ether oxygens (including phenoxy) is 1. The lowest BCUT2D eigenvalue weighted by Gasteiger charge is -2.21. The highest BCUT2D eigenvalue weighted by Gasteiger charge is 2.35. The fourth-order valence-electron chi connectivity index (χ4n) is 2.68. The predicted octanol–water partition coefficient (Wildman–Crippen LogP) is -0.218. The zero-order chi connectivity index (χ0) is 13.1. The monoisotopic (exact) mass is 255 g/mol. The van der Waals surface area contributed by atoms with E-state index in [2.05, 4.69) is 12.3 Å². The summed E-state index contributed by atoms with van der Waals surface area (Å²) in [5.41, 5.74) is 2.10. The molecule has 0 spiro atoms. The summed E-state index contributed by atoms with van der Waals surface area (Å²) in [6, 6.07) is 0. The molecule has 0 aromatic heterocycles. The van der Waals surface area contributed by atoms with Gasteiger partial charge in [-0.3, -0.25) is 15.0 Å². The molecule has 3 unspecified atom stereocenters. The molecule has 2 amide bonds. The lowest BCUT2D eigenvalue weighted by atomic mass is 10.1. The van der Waals surface area contributed by atoms with Crippen LogP contribution in [0.2, 0.25) is 0 Å². The molecule has 2 aliphatic heterocycles. The van der Waals surface area contributed by atoms with Gasteiger partial charge in [0.25, 0.3) is 5.91 Å². The zero-order valence-corrected chi connectivity index (χ0v) is 10.7. The molecule has 0 bridgehead atoms. The Balaban J connectivity index is 1.81. The number of nitrogens with one attached hydrogen (secondary N) is 1. The largest absolute Gasteiger partial charge is 0.363 e. The molecule has 2 aliphatic rings. The molecular formula is C12H21N3O3. The molecule has 2 fully saturated rings. The summed E-state index contributed by atoms with van der Waals surface area (Å²) in [6.07, 6.45) is 2.67. The third-order valence-corrected chi connectivity index (χ3v) is 3.84. The third kappa shape index (κ3) is 2.81. The topological polar surface area (TPSA) is 84.7 Å². The minimum atomic E-state index is -0.459. The first-order valence-corrected chi connectivity index (χ1v) is 6.57. The Labute approximate surface area is 107 Å². The first-order chi connectivity index (χ1) is 8.63. The quantitative estimate of drug-likeness (QED) is 0.413. The molecule has 0 aromatic carbocycles. The maximum Gasteiger partial charge on any atom is 0.263 e. The average Bonchev–Trinajstić information content (AvgIpc) is 2.97. The summed E-state index contributed by atoms with van der Waals surface area (Å²) in [6.45, 7) is 3.53. The van der Waals surface area contributed by atoms with Crippen LogP contribution >= 0.6 is 0 Å². The fraction of sp³-hybridized carbons (Fsp3) is 0.833. The van der Waals surface area contributed by atoms with E-state index in [4.69, 9.17) is 10.6 Å². The molecule has 3 N–H and O–H groups in total. The van der Waals surface area contributed by atoms with Crippen LogP contribution in [0.1, 0.15) is 32.6 Å². The number of carbonyl (C=O) groups is 2.